The van der Waals surface area contributed by atoms with Crippen LogP contribution >= 0.6 is 0 Å². The number of anilines is 2. The van der Waals surface area contributed by atoms with Crippen LogP contribution in [0.2, 0.25) is 0 Å². The van der Waals surface area contributed by atoms with Gasteiger partial charge < -0.3 is 11.5 Å². The van der Waals surface area contributed by atoms with Gasteiger partial charge in [-0.2, -0.15) is 22.7 Å². The van der Waals surface area contributed by atoms with E-state index in [4.69, 9.17) is 11.5 Å². The number of aromatic nitrogens is 3. The Morgan fingerprint density at radius 1 is 0.952 bits per heavy atom. The minimum atomic E-state index is -4.37. The second-order valence-electron chi connectivity index (χ2n) is 4.45. The highest BCUT2D eigenvalue weighted by molar-refractivity contribution is 5.79. The lowest BCUT2D eigenvalue weighted by atomic mass is 10.0. The van der Waals surface area contributed by atoms with Crippen LogP contribution in [0.1, 0.15) is 5.56 Å². The summed E-state index contributed by atoms with van der Waals surface area (Å²) < 4.78 is 39.1. The molecular formula is C13H10F3N5. The molecule has 21 heavy (non-hydrogen) atoms. The summed E-state index contributed by atoms with van der Waals surface area (Å²) in [5.41, 5.74) is 12.1. The van der Waals surface area contributed by atoms with Crippen LogP contribution in [-0.4, -0.2) is 14.6 Å². The second-order valence-corrected chi connectivity index (χ2v) is 4.45. The number of pyridine rings is 1. The molecule has 0 saturated carbocycles. The van der Waals surface area contributed by atoms with Gasteiger partial charge >= 0.3 is 6.18 Å². The molecule has 2 aromatic heterocycles. The Hall–Kier alpha value is -2.77. The minimum Gasteiger partial charge on any atom is -0.384 e. The second kappa shape index (κ2) is 4.37. The summed E-state index contributed by atoms with van der Waals surface area (Å²) in [6.07, 6.45) is -4.37. The first-order valence-electron chi connectivity index (χ1n) is 5.94. The van der Waals surface area contributed by atoms with Gasteiger partial charge in [-0.05, 0) is 29.8 Å². The molecule has 8 heteroatoms. The zero-order valence-electron chi connectivity index (χ0n) is 10.6. The van der Waals surface area contributed by atoms with Gasteiger partial charge in [0.25, 0.3) is 0 Å². The third kappa shape index (κ3) is 2.24. The SMILES string of the molecule is Nc1nc2c(-c3ccc(C(F)(F)F)cc3)ccc(N)n2n1. The van der Waals surface area contributed by atoms with E-state index >= 15 is 0 Å². The van der Waals surface area contributed by atoms with E-state index < -0.39 is 11.7 Å². The van der Waals surface area contributed by atoms with Gasteiger partial charge in [-0.1, -0.05) is 12.1 Å². The smallest absolute Gasteiger partial charge is 0.384 e. The minimum absolute atomic E-state index is 0.0426. The molecule has 0 spiro atoms. The van der Waals surface area contributed by atoms with E-state index in [0.717, 1.165) is 12.1 Å². The summed E-state index contributed by atoms with van der Waals surface area (Å²) in [6.45, 7) is 0. The van der Waals surface area contributed by atoms with Gasteiger partial charge in [0.15, 0.2) is 5.65 Å². The van der Waals surface area contributed by atoms with Crippen molar-refractivity contribution in [3.63, 3.8) is 0 Å². The molecule has 0 aliphatic heterocycles. The van der Waals surface area contributed by atoms with Gasteiger partial charge in [-0.15, -0.1) is 5.10 Å². The van der Waals surface area contributed by atoms with Gasteiger partial charge in [0.2, 0.25) is 5.95 Å². The highest BCUT2D eigenvalue weighted by Crippen LogP contribution is 2.32. The van der Waals surface area contributed by atoms with Crippen LogP contribution < -0.4 is 11.5 Å². The molecule has 0 radical (unpaired) electrons. The fraction of sp³-hybridized carbons (Fsp3) is 0.0769. The van der Waals surface area contributed by atoms with Crippen molar-refractivity contribution >= 4 is 17.4 Å². The van der Waals surface area contributed by atoms with Crippen molar-refractivity contribution in [2.45, 2.75) is 6.18 Å². The van der Waals surface area contributed by atoms with E-state index in [-0.39, 0.29) is 5.95 Å². The Morgan fingerprint density at radius 2 is 1.62 bits per heavy atom. The van der Waals surface area contributed by atoms with Crippen LogP contribution in [0.3, 0.4) is 0 Å². The van der Waals surface area contributed by atoms with Gasteiger partial charge in [0.05, 0.1) is 5.56 Å². The van der Waals surface area contributed by atoms with Crippen molar-refractivity contribution in [2.75, 3.05) is 11.5 Å². The summed E-state index contributed by atoms with van der Waals surface area (Å²) in [5, 5.41) is 3.93. The molecule has 0 aliphatic carbocycles. The Balaban J connectivity index is 2.15. The molecule has 108 valence electrons. The molecule has 0 fully saturated rings. The lowest BCUT2D eigenvalue weighted by molar-refractivity contribution is -0.137. The molecule has 4 N–H and O–H groups in total. The number of rotatable bonds is 1. The van der Waals surface area contributed by atoms with E-state index in [1.807, 2.05) is 0 Å². The summed E-state index contributed by atoms with van der Waals surface area (Å²) in [5.74, 6) is 0.380. The van der Waals surface area contributed by atoms with Crippen molar-refractivity contribution in [1.29, 1.82) is 0 Å². The molecule has 0 bridgehead atoms. The average molecular weight is 293 g/mol. The maximum Gasteiger partial charge on any atom is 0.416 e. The Morgan fingerprint density at radius 3 is 2.24 bits per heavy atom. The van der Waals surface area contributed by atoms with E-state index in [9.17, 15) is 13.2 Å². The van der Waals surface area contributed by atoms with Crippen molar-refractivity contribution in [1.82, 2.24) is 14.6 Å². The molecule has 2 heterocycles. The van der Waals surface area contributed by atoms with Crippen molar-refractivity contribution in [3.05, 3.63) is 42.0 Å². The molecule has 0 aliphatic rings. The predicted octanol–water partition coefficient (Wildman–Crippen LogP) is 2.58. The fourth-order valence-electron chi connectivity index (χ4n) is 2.06. The lowest BCUT2D eigenvalue weighted by Crippen LogP contribution is -2.04. The van der Waals surface area contributed by atoms with E-state index in [0.29, 0.717) is 22.6 Å². The molecule has 0 atom stereocenters. The maximum atomic E-state index is 12.6. The monoisotopic (exact) mass is 293 g/mol. The van der Waals surface area contributed by atoms with Crippen LogP contribution in [0.5, 0.6) is 0 Å². The van der Waals surface area contributed by atoms with Gasteiger partial charge in [0.1, 0.15) is 5.82 Å². The maximum absolute atomic E-state index is 12.6. The molecule has 1 aromatic carbocycles. The quantitative estimate of drug-likeness (QED) is 0.722. The topological polar surface area (TPSA) is 82.2 Å². The molecule has 3 rings (SSSR count). The number of hydrogen-bond acceptors (Lipinski definition) is 4. The number of nitrogens with zero attached hydrogens (tertiary/aromatic N) is 3. The zero-order valence-corrected chi connectivity index (χ0v) is 10.6. The van der Waals surface area contributed by atoms with Crippen molar-refractivity contribution < 1.29 is 13.2 Å². The van der Waals surface area contributed by atoms with Crippen LogP contribution in [0.25, 0.3) is 16.8 Å². The largest absolute Gasteiger partial charge is 0.416 e. The summed E-state index contributed by atoms with van der Waals surface area (Å²) in [6, 6.07) is 8.04. The highest BCUT2D eigenvalue weighted by atomic mass is 19.4. The molecule has 5 nitrogen and oxygen atoms in total. The third-order valence-electron chi connectivity index (χ3n) is 3.05. The lowest BCUT2D eigenvalue weighted by Gasteiger charge is -2.08. The van der Waals surface area contributed by atoms with Crippen LogP contribution in [0, 0.1) is 0 Å². The highest BCUT2D eigenvalue weighted by Gasteiger charge is 2.30. The van der Waals surface area contributed by atoms with Crippen LogP contribution in [-0.2, 0) is 6.18 Å². The van der Waals surface area contributed by atoms with Gasteiger partial charge in [0, 0.05) is 5.56 Å². The molecular weight excluding hydrogens is 283 g/mol. The summed E-state index contributed by atoms with van der Waals surface area (Å²) >= 11 is 0. The van der Waals surface area contributed by atoms with Crippen LogP contribution in [0.15, 0.2) is 36.4 Å². The number of nitrogens with two attached hydrogens (primary N) is 2. The standard InChI is InChI=1S/C13H10F3N5/c14-13(15,16)8-3-1-7(2-4-8)9-5-6-10(17)21-11(9)19-12(18)20-21/h1-6H,17H2,(H2,18,20). The zero-order chi connectivity index (χ0) is 15.2. The summed E-state index contributed by atoms with van der Waals surface area (Å²) in [7, 11) is 0. The number of hydrogen-bond donors (Lipinski definition) is 2. The van der Waals surface area contributed by atoms with Gasteiger partial charge in [-0.25, -0.2) is 0 Å². The van der Waals surface area contributed by atoms with E-state index in [1.165, 1.54) is 16.6 Å². The van der Waals surface area contributed by atoms with Crippen LogP contribution in [0.4, 0.5) is 24.9 Å². The number of fused-ring (bicyclic) bond motifs is 1. The van der Waals surface area contributed by atoms with Crippen molar-refractivity contribution in [3.8, 4) is 11.1 Å². The first kappa shape index (κ1) is 13.2. The molecule has 0 unspecified atom stereocenters. The number of alkyl halides is 3. The summed E-state index contributed by atoms with van der Waals surface area (Å²) in [4.78, 5) is 4.05. The normalized spacial score (nSPS) is 12.0. The third-order valence-corrected chi connectivity index (χ3v) is 3.05. The van der Waals surface area contributed by atoms with E-state index in [2.05, 4.69) is 10.1 Å². The number of nitrogen functional groups attached to an aromatic ring is 2. The average Bonchev–Trinajstić information content (AvgIpc) is 2.81. The Kier molecular flexibility index (Phi) is 2.75. The van der Waals surface area contributed by atoms with Gasteiger partial charge in [-0.3, -0.25) is 0 Å². The predicted molar refractivity (Wildman–Crippen MR) is 72.2 cm³/mol. The first-order valence-corrected chi connectivity index (χ1v) is 5.94. The first-order chi connectivity index (χ1) is 9.86. The van der Waals surface area contributed by atoms with Crippen molar-refractivity contribution in [2.24, 2.45) is 0 Å². The molecule has 0 saturated heterocycles. The number of benzene rings is 1. The molecule has 0 amide bonds. The fourth-order valence-corrected chi connectivity index (χ4v) is 2.06. The Labute approximate surface area is 117 Å². The Bertz CT molecular complexity index is 805. The number of halogens is 3. The molecule has 3 aromatic rings. The van der Waals surface area contributed by atoms with E-state index in [1.54, 1.807) is 12.1 Å².